The summed E-state index contributed by atoms with van der Waals surface area (Å²) in [6, 6.07) is 1.09. The van der Waals surface area contributed by atoms with E-state index >= 15 is 0 Å². The number of carbonyl (C=O) groups is 2. The molecule has 2 N–H and O–H groups in total. The summed E-state index contributed by atoms with van der Waals surface area (Å²) >= 11 is 0. The van der Waals surface area contributed by atoms with Crippen LogP contribution >= 0.6 is 0 Å². The molecular formula is C13H16N2O8. The van der Waals surface area contributed by atoms with Crippen molar-refractivity contribution >= 4 is 11.9 Å². The third-order valence-corrected chi connectivity index (χ3v) is 3.19. The van der Waals surface area contributed by atoms with E-state index in [2.05, 4.69) is 0 Å². The molecule has 0 bridgehead atoms. The van der Waals surface area contributed by atoms with E-state index in [9.17, 15) is 24.3 Å². The molecule has 1 fully saturated rings. The van der Waals surface area contributed by atoms with Crippen LogP contribution in [0.2, 0.25) is 0 Å². The second-order valence-electron chi connectivity index (χ2n) is 4.91. The minimum Gasteiger partial charge on any atom is -0.456 e. The number of nitrogens with zero attached hydrogens (tertiary/aromatic N) is 1. The Kier molecular flexibility index (Phi) is 4.96. The van der Waals surface area contributed by atoms with Gasteiger partial charge in [0, 0.05) is 26.1 Å². The van der Waals surface area contributed by atoms with Gasteiger partial charge in [0.05, 0.1) is 6.61 Å². The van der Waals surface area contributed by atoms with Gasteiger partial charge in [0.15, 0.2) is 18.4 Å². The summed E-state index contributed by atoms with van der Waals surface area (Å²) in [4.78, 5) is 47.6. The zero-order valence-corrected chi connectivity index (χ0v) is 12.4. The van der Waals surface area contributed by atoms with E-state index in [1.54, 1.807) is 0 Å². The molecule has 1 aromatic rings. The predicted octanol–water partition coefficient (Wildman–Crippen LogP) is -1.71. The molecule has 0 spiro atoms. The molecule has 1 saturated heterocycles. The quantitative estimate of drug-likeness (QED) is 0.623. The Morgan fingerprint density at radius 3 is 2.39 bits per heavy atom. The number of rotatable bonds is 4. The lowest BCUT2D eigenvalue weighted by Gasteiger charge is -2.23. The number of nitrogens with one attached hydrogen (secondary N) is 1. The monoisotopic (exact) mass is 328 g/mol. The maximum Gasteiger partial charge on any atom is 0.330 e. The highest BCUT2D eigenvalue weighted by Crippen LogP contribution is 2.32. The first kappa shape index (κ1) is 16.9. The van der Waals surface area contributed by atoms with Gasteiger partial charge in [-0.2, -0.15) is 0 Å². The van der Waals surface area contributed by atoms with Gasteiger partial charge in [-0.15, -0.1) is 0 Å². The van der Waals surface area contributed by atoms with Crippen molar-refractivity contribution in [2.24, 2.45) is 0 Å². The number of aromatic amines is 1. The van der Waals surface area contributed by atoms with E-state index in [0.717, 1.165) is 30.7 Å². The average Bonchev–Trinajstić information content (AvgIpc) is 2.76. The fraction of sp³-hybridized carbons (Fsp3) is 0.538. The van der Waals surface area contributed by atoms with Crippen LogP contribution in [-0.4, -0.2) is 51.5 Å². The maximum atomic E-state index is 11.9. The first-order chi connectivity index (χ1) is 10.8. The van der Waals surface area contributed by atoms with E-state index in [1.165, 1.54) is 0 Å². The standard InChI is InChI=1S/C13H16N2O8/c1-6(17)21-10-8(5-16)23-12(11(10)22-7(2)18)15-4-3-9(19)14-13(15)20/h3-4,8,10-12,16H,5H2,1-2H3,(H,14,19,20)/t8-,10+,11-,12+/m1/s1. The van der Waals surface area contributed by atoms with Crippen molar-refractivity contribution in [3.8, 4) is 0 Å². The molecule has 2 heterocycles. The average molecular weight is 328 g/mol. The molecule has 0 unspecified atom stereocenters. The van der Waals surface area contributed by atoms with Gasteiger partial charge in [-0.1, -0.05) is 0 Å². The molecule has 10 heteroatoms. The highest BCUT2D eigenvalue weighted by Gasteiger charge is 2.50. The zero-order chi connectivity index (χ0) is 17.1. The van der Waals surface area contributed by atoms with Crippen LogP contribution in [0, 0.1) is 0 Å². The van der Waals surface area contributed by atoms with Gasteiger partial charge in [-0.3, -0.25) is 23.9 Å². The maximum absolute atomic E-state index is 11.9. The first-order valence-electron chi connectivity index (χ1n) is 6.75. The van der Waals surface area contributed by atoms with Crippen LogP contribution in [0.1, 0.15) is 20.1 Å². The topological polar surface area (TPSA) is 137 Å². The smallest absolute Gasteiger partial charge is 0.330 e. The lowest BCUT2D eigenvalue weighted by molar-refractivity contribution is -0.165. The fourth-order valence-corrected chi connectivity index (χ4v) is 2.36. The number of ether oxygens (including phenoxy) is 3. The Hall–Kier alpha value is -2.46. The minimum absolute atomic E-state index is 0.523. The van der Waals surface area contributed by atoms with Gasteiger partial charge in [0.2, 0.25) is 0 Å². The molecule has 10 nitrogen and oxygen atoms in total. The van der Waals surface area contributed by atoms with Gasteiger partial charge in [-0.05, 0) is 0 Å². The Bertz CT molecular complexity index is 708. The Morgan fingerprint density at radius 2 is 1.87 bits per heavy atom. The minimum atomic E-state index is -1.16. The van der Waals surface area contributed by atoms with E-state index < -0.39 is 54.3 Å². The highest BCUT2D eigenvalue weighted by atomic mass is 16.6. The fourth-order valence-electron chi connectivity index (χ4n) is 2.36. The van der Waals surface area contributed by atoms with Gasteiger partial charge in [0.25, 0.3) is 5.56 Å². The summed E-state index contributed by atoms with van der Waals surface area (Å²) < 4.78 is 16.6. The molecule has 1 aromatic heterocycles. The summed E-state index contributed by atoms with van der Waals surface area (Å²) in [5.74, 6) is -1.35. The SMILES string of the molecule is CC(=O)O[C@@H]1[C@@H](OC(C)=O)[C@@H](n2ccc(=O)[nH]c2=O)O[C@@H]1CO. The van der Waals surface area contributed by atoms with Crippen molar-refractivity contribution in [3.05, 3.63) is 33.1 Å². The number of hydrogen-bond donors (Lipinski definition) is 2. The number of carbonyl (C=O) groups excluding carboxylic acids is 2. The third kappa shape index (κ3) is 3.66. The summed E-state index contributed by atoms with van der Waals surface area (Å²) in [5.41, 5.74) is -1.40. The molecule has 1 aliphatic heterocycles. The Labute approximate surface area is 129 Å². The van der Waals surface area contributed by atoms with Crippen LogP contribution in [0.15, 0.2) is 21.9 Å². The van der Waals surface area contributed by atoms with Crippen LogP contribution in [-0.2, 0) is 23.8 Å². The van der Waals surface area contributed by atoms with E-state index in [-0.39, 0.29) is 0 Å². The van der Waals surface area contributed by atoms with Crippen molar-refractivity contribution in [2.75, 3.05) is 6.61 Å². The predicted molar refractivity (Wildman–Crippen MR) is 73.4 cm³/mol. The van der Waals surface area contributed by atoms with Gasteiger partial charge >= 0.3 is 17.6 Å². The number of aliphatic hydroxyl groups excluding tert-OH is 1. The number of aliphatic hydroxyl groups is 1. The summed E-state index contributed by atoms with van der Waals surface area (Å²) in [5, 5.41) is 9.38. The first-order valence-corrected chi connectivity index (χ1v) is 6.75. The van der Waals surface area contributed by atoms with Crippen LogP contribution in [0.4, 0.5) is 0 Å². The summed E-state index contributed by atoms with van der Waals surface area (Å²) in [6.07, 6.45) is -3.24. The Balaban J connectivity index is 2.43. The molecular weight excluding hydrogens is 312 g/mol. The summed E-state index contributed by atoms with van der Waals surface area (Å²) in [7, 11) is 0. The lowest BCUT2D eigenvalue weighted by atomic mass is 10.1. The molecule has 126 valence electrons. The van der Waals surface area contributed by atoms with Crippen molar-refractivity contribution < 1.29 is 28.9 Å². The van der Waals surface area contributed by atoms with E-state index in [4.69, 9.17) is 14.2 Å². The molecule has 4 atom stereocenters. The van der Waals surface area contributed by atoms with Crippen molar-refractivity contribution in [2.45, 2.75) is 38.4 Å². The van der Waals surface area contributed by atoms with E-state index in [1.807, 2.05) is 4.98 Å². The second kappa shape index (κ2) is 6.75. The normalized spacial score (nSPS) is 26.7. The van der Waals surface area contributed by atoms with Gasteiger partial charge < -0.3 is 19.3 Å². The van der Waals surface area contributed by atoms with E-state index in [0.29, 0.717) is 0 Å². The molecule has 1 aliphatic rings. The number of H-pyrrole nitrogens is 1. The number of esters is 2. The highest BCUT2D eigenvalue weighted by molar-refractivity contribution is 5.67. The zero-order valence-electron chi connectivity index (χ0n) is 12.4. The molecule has 0 radical (unpaired) electrons. The molecule has 0 amide bonds. The van der Waals surface area contributed by atoms with Gasteiger partial charge in [0.1, 0.15) is 6.10 Å². The van der Waals surface area contributed by atoms with Crippen molar-refractivity contribution in [3.63, 3.8) is 0 Å². The second-order valence-corrected chi connectivity index (χ2v) is 4.91. The molecule has 2 rings (SSSR count). The number of aromatic nitrogens is 2. The lowest BCUT2D eigenvalue weighted by Crippen LogP contribution is -2.42. The molecule has 0 aliphatic carbocycles. The third-order valence-electron chi connectivity index (χ3n) is 3.19. The molecule has 0 saturated carbocycles. The number of hydrogen-bond acceptors (Lipinski definition) is 8. The van der Waals surface area contributed by atoms with Crippen LogP contribution < -0.4 is 11.2 Å². The molecule has 0 aromatic carbocycles. The van der Waals surface area contributed by atoms with Crippen LogP contribution in [0.25, 0.3) is 0 Å². The van der Waals surface area contributed by atoms with Crippen LogP contribution in [0.3, 0.4) is 0 Å². The van der Waals surface area contributed by atoms with Crippen molar-refractivity contribution in [1.29, 1.82) is 0 Å². The largest absolute Gasteiger partial charge is 0.456 e. The van der Waals surface area contributed by atoms with Gasteiger partial charge in [-0.25, -0.2) is 4.79 Å². The molecule has 23 heavy (non-hydrogen) atoms. The van der Waals surface area contributed by atoms with Crippen LogP contribution in [0.5, 0.6) is 0 Å². The Morgan fingerprint density at radius 1 is 1.26 bits per heavy atom. The van der Waals surface area contributed by atoms with Crippen molar-refractivity contribution in [1.82, 2.24) is 9.55 Å². The summed E-state index contributed by atoms with van der Waals surface area (Å²) in [6.45, 7) is 1.77.